The van der Waals surface area contributed by atoms with Crippen LogP contribution in [0.4, 0.5) is 20.6 Å². The van der Waals surface area contributed by atoms with Crippen LogP contribution in [0.2, 0.25) is 0 Å². The Balaban J connectivity index is 0.785. The van der Waals surface area contributed by atoms with Gasteiger partial charge in [0.25, 0.3) is 5.91 Å². The van der Waals surface area contributed by atoms with Gasteiger partial charge in [-0.1, -0.05) is 33.8 Å². The van der Waals surface area contributed by atoms with Gasteiger partial charge in [-0.2, -0.15) is 10.4 Å². The Bertz CT molecular complexity index is 2540. The van der Waals surface area contributed by atoms with Gasteiger partial charge in [0.1, 0.15) is 23.7 Å². The van der Waals surface area contributed by atoms with Gasteiger partial charge in [-0.15, -0.1) is 0 Å². The summed E-state index contributed by atoms with van der Waals surface area (Å²) in [5.74, 6) is 0.0616. The van der Waals surface area contributed by atoms with E-state index in [1.807, 2.05) is 42.6 Å². The molecule has 0 radical (unpaired) electrons. The van der Waals surface area contributed by atoms with Crippen LogP contribution < -0.4 is 25.2 Å². The highest BCUT2D eigenvalue weighted by atomic mass is 19.1. The van der Waals surface area contributed by atoms with Gasteiger partial charge < -0.3 is 19.9 Å². The van der Waals surface area contributed by atoms with Crippen LogP contribution in [-0.2, 0) is 4.79 Å². The van der Waals surface area contributed by atoms with Crippen LogP contribution >= 0.6 is 0 Å². The SMILES string of the molecule is CC1(C)C(NC(=O)c2ccc(N3CC[C@@H](CN4CCC(n5ncc6c(N7CCC(=O)NC7=O)cccc65)CC4)C3)c(F)c2)C(C)(C)C1Oc1ccc(C#N)c2ncccc12. The molecule has 4 aliphatic rings. The fraction of sp³-hybridized carbons (Fsp3) is 0.435. The van der Waals surface area contributed by atoms with Crippen LogP contribution in [0, 0.1) is 33.9 Å². The molecule has 13 nitrogen and oxygen atoms in total. The number of aromatic nitrogens is 3. The standard InChI is InChI=1S/C46H50FN9O4/c1-45(2)42(46(3,4)43(45)60-38-13-11-30(24-48)40-32(38)7-6-18-49-40)52-41(58)29-10-12-37(34(47)23-29)54-21-14-28(27-54)26-53-19-15-31(16-20-53)56-36-9-5-8-35(33(36)25-50-56)55-22-17-39(57)51-44(55)59/h5-13,18,23,25,28,31,42-43H,14-17,19-22,26-27H2,1-4H3,(H,52,58)(H,51,57,59)/t28-,42?,43?/m0/s1. The summed E-state index contributed by atoms with van der Waals surface area (Å²) < 4.78 is 24.5. The van der Waals surface area contributed by atoms with Crippen LogP contribution in [0.25, 0.3) is 21.8 Å². The van der Waals surface area contributed by atoms with Crippen LogP contribution in [0.1, 0.15) is 75.3 Å². The number of amides is 4. The number of halogens is 1. The first-order valence-corrected chi connectivity index (χ1v) is 20.9. The van der Waals surface area contributed by atoms with E-state index in [1.54, 1.807) is 29.3 Å². The number of hydrogen-bond donors (Lipinski definition) is 2. The molecular weight excluding hydrogens is 762 g/mol. The first-order chi connectivity index (χ1) is 28.8. The number of piperidine rings is 1. The Kier molecular flexibility index (Phi) is 9.97. The number of rotatable bonds is 9. The van der Waals surface area contributed by atoms with Crippen molar-refractivity contribution in [2.24, 2.45) is 16.7 Å². The molecule has 9 rings (SSSR count). The molecule has 2 aromatic heterocycles. The average molecular weight is 812 g/mol. The minimum absolute atomic E-state index is 0.235. The molecule has 60 heavy (non-hydrogen) atoms. The Morgan fingerprint density at radius 2 is 1.77 bits per heavy atom. The molecule has 1 aliphatic carbocycles. The molecule has 0 spiro atoms. The van der Waals surface area contributed by atoms with Gasteiger partial charge in [0, 0.05) is 85.1 Å². The summed E-state index contributed by atoms with van der Waals surface area (Å²) in [6.07, 6.45) is 6.37. The first kappa shape index (κ1) is 39.4. The average Bonchev–Trinajstić information content (AvgIpc) is 3.89. The summed E-state index contributed by atoms with van der Waals surface area (Å²) in [6, 6.07) is 19.7. The lowest BCUT2D eigenvalue weighted by Gasteiger charge is -2.63. The summed E-state index contributed by atoms with van der Waals surface area (Å²) in [5.41, 5.74) is 2.72. The zero-order valence-electron chi connectivity index (χ0n) is 34.5. The summed E-state index contributed by atoms with van der Waals surface area (Å²) in [7, 11) is 0. The number of likely N-dealkylation sites (tertiary alicyclic amines) is 1. The maximum absolute atomic E-state index is 15.8. The van der Waals surface area contributed by atoms with Crippen molar-refractivity contribution in [3.8, 4) is 11.8 Å². The number of urea groups is 1. The fourth-order valence-corrected chi connectivity index (χ4v) is 10.7. The molecule has 14 heteroatoms. The van der Waals surface area contributed by atoms with E-state index in [0.29, 0.717) is 35.0 Å². The van der Waals surface area contributed by atoms with Crippen molar-refractivity contribution < 1.29 is 23.5 Å². The van der Waals surface area contributed by atoms with E-state index < -0.39 is 22.7 Å². The van der Waals surface area contributed by atoms with Crippen molar-refractivity contribution in [2.45, 2.75) is 71.6 Å². The summed E-state index contributed by atoms with van der Waals surface area (Å²) in [4.78, 5) is 48.6. The van der Waals surface area contributed by atoms with Crippen molar-refractivity contribution in [1.82, 2.24) is 30.3 Å². The van der Waals surface area contributed by atoms with Gasteiger partial charge in [-0.25, -0.2) is 9.18 Å². The Hall–Kier alpha value is -6.07. The van der Waals surface area contributed by atoms with Gasteiger partial charge in [-0.05, 0) is 79.8 Å². The maximum Gasteiger partial charge on any atom is 0.328 e. The second-order valence-corrected chi connectivity index (χ2v) is 18.0. The lowest BCUT2D eigenvalue weighted by Crippen LogP contribution is -2.74. The molecule has 5 heterocycles. The Morgan fingerprint density at radius 1 is 0.967 bits per heavy atom. The Morgan fingerprint density at radius 3 is 2.52 bits per heavy atom. The number of benzene rings is 3. The van der Waals surface area contributed by atoms with Crippen molar-refractivity contribution in [1.29, 1.82) is 5.26 Å². The predicted molar refractivity (Wildman–Crippen MR) is 226 cm³/mol. The molecule has 3 aromatic carbocycles. The van der Waals surface area contributed by atoms with E-state index in [1.165, 1.54) is 6.07 Å². The van der Waals surface area contributed by atoms with E-state index in [9.17, 15) is 19.6 Å². The number of pyridine rings is 1. The van der Waals surface area contributed by atoms with Gasteiger partial charge in [-0.3, -0.25) is 29.5 Å². The second kappa shape index (κ2) is 15.2. The van der Waals surface area contributed by atoms with Crippen molar-refractivity contribution >= 4 is 51.0 Å². The molecule has 3 aliphatic heterocycles. The largest absolute Gasteiger partial charge is 0.488 e. The number of imide groups is 1. The third kappa shape index (κ3) is 6.88. The number of nitriles is 1. The maximum atomic E-state index is 15.8. The Labute approximate surface area is 348 Å². The third-order valence-corrected chi connectivity index (χ3v) is 13.4. The van der Waals surface area contributed by atoms with Crippen molar-refractivity contribution in [3.63, 3.8) is 0 Å². The van der Waals surface area contributed by atoms with E-state index in [0.717, 1.165) is 74.0 Å². The number of carbonyl (C=O) groups is 3. The topological polar surface area (TPSA) is 149 Å². The number of hydrogen-bond acceptors (Lipinski definition) is 9. The minimum atomic E-state index is -0.449. The van der Waals surface area contributed by atoms with E-state index >= 15 is 4.39 Å². The van der Waals surface area contributed by atoms with E-state index in [4.69, 9.17) is 9.84 Å². The lowest BCUT2D eigenvalue weighted by molar-refractivity contribution is -0.163. The molecule has 1 saturated carbocycles. The van der Waals surface area contributed by atoms with E-state index in [2.05, 4.69) is 63.9 Å². The van der Waals surface area contributed by atoms with Crippen molar-refractivity contribution in [2.75, 3.05) is 49.1 Å². The minimum Gasteiger partial charge on any atom is -0.488 e. The summed E-state index contributed by atoms with van der Waals surface area (Å²) in [6.45, 7) is 12.9. The number of ether oxygens (including phenoxy) is 1. The molecule has 4 amide bonds. The van der Waals surface area contributed by atoms with Crippen LogP contribution in [0.3, 0.4) is 0 Å². The second-order valence-electron chi connectivity index (χ2n) is 18.0. The lowest BCUT2D eigenvalue weighted by atomic mass is 9.49. The summed E-state index contributed by atoms with van der Waals surface area (Å²) >= 11 is 0. The first-order valence-electron chi connectivity index (χ1n) is 20.9. The quantitative estimate of drug-likeness (QED) is 0.164. The molecule has 310 valence electrons. The smallest absolute Gasteiger partial charge is 0.328 e. The zero-order valence-corrected chi connectivity index (χ0v) is 34.5. The summed E-state index contributed by atoms with van der Waals surface area (Å²) in [5, 5.41) is 21.6. The van der Waals surface area contributed by atoms with Gasteiger partial charge in [0.15, 0.2) is 0 Å². The van der Waals surface area contributed by atoms with E-state index in [-0.39, 0.29) is 42.0 Å². The van der Waals surface area contributed by atoms with Crippen LogP contribution in [-0.4, -0.2) is 88.9 Å². The highest BCUT2D eigenvalue weighted by molar-refractivity contribution is 6.09. The van der Waals surface area contributed by atoms with Gasteiger partial charge >= 0.3 is 6.03 Å². The normalized spacial score (nSPS) is 23.0. The number of nitrogens with one attached hydrogen (secondary N) is 2. The number of nitrogens with zero attached hydrogens (tertiary/aromatic N) is 7. The monoisotopic (exact) mass is 811 g/mol. The van der Waals surface area contributed by atoms with Gasteiger partial charge in [0.05, 0.1) is 40.2 Å². The highest BCUT2D eigenvalue weighted by Gasteiger charge is 2.64. The van der Waals surface area contributed by atoms with Crippen LogP contribution in [0.15, 0.2) is 73.1 Å². The van der Waals surface area contributed by atoms with Crippen molar-refractivity contribution in [3.05, 3.63) is 90.0 Å². The molecule has 2 N–H and O–H groups in total. The predicted octanol–water partition coefficient (Wildman–Crippen LogP) is 6.82. The van der Waals surface area contributed by atoms with Crippen LogP contribution in [0.5, 0.6) is 5.75 Å². The molecule has 4 fully saturated rings. The molecule has 0 bridgehead atoms. The highest BCUT2D eigenvalue weighted by Crippen LogP contribution is 2.56. The molecule has 1 atom stereocenters. The zero-order chi connectivity index (χ0) is 41.9. The third-order valence-electron chi connectivity index (χ3n) is 13.4. The molecule has 5 aromatic rings. The van der Waals surface area contributed by atoms with Gasteiger partial charge in [0.2, 0.25) is 5.91 Å². The number of anilines is 2. The fourth-order valence-electron chi connectivity index (χ4n) is 10.7. The molecule has 0 unspecified atom stereocenters. The molecule has 3 saturated heterocycles. The number of carbonyl (C=O) groups excluding carboxylic acids is 3. The number of fused-ring (bicyclic) bond motifs is 2. The molecular formula is C46H50FN9O4.